The van der Waals surface area contributed by atoms with Crippen molar-refractivity contribution in [3.8, 4) is 0 Å². The third-order valence-corrected chi connectivity index (χ3v) is 3.61. The molecule has 21 heavy (non-hydrogen) atoms. The van der Waals surface area contributed by atoms with Crippen molar-refractivity contribution in [2.75, 3.05) is 24.5 Å². The van der Waals surface area contributed by atoms with Crippen LogP contribution in [0.3, 0.4) is 0 Å². The topological polar surface area (TPSA) is 58.4 Å². The number of hydrogen-bond donors (Lipinski definition) is 2. The standard InChI is InChI=1S/C17H29N3O/c1-3-5-12-16(18)17(21)19-13-9-14-20(4-2)15-10-7-6-8-11-15/h6-8,10-11,16H,3-5,9,12-14,18H2,1-2H3,(H,19,21). The summed E-state index contributed by atoms with van der Waals surface area (Å²) in [7, 11) is 0. The fourth-order valence-corrected chi connectivity index (χ4v) is 2.28. The fourth-order valence-electron chi connectivity index (χ4n) is 2.28. The molecule has 0 saturated heterocycles. The summed E-state index contributed by atoms with van der Waals surface area (Å²) >= 11 is 0. The zero-order chi connectivity index (χ0) is 15.5. The van der Waals surface area contributed by atoms with E-state index in [9.17, 15) is 4.79 Å². The Hall–Kier alpha value is -1.55. The summed E-state index contributed by atoms with van der Waals surface area (Å²) in [4.78, 5) is 14.1. The Kier molecular flexibility index (Phi) is 8.51. The van der Waals surface area contributed by atoms with E-state index < -0.39 is 0 Å². The third kappa shape index (κ3) is 6.63. The minimum absolute atomic E-state index is 0.0220. The highest BCUT2D eigenvalue weighted by atomic mass is 16.2. The quantitative estimate of drug-likeness (QED) is 0.651. The molecule has 1 unspecified atom stereocenters. The lowest BCUT2D eigenvalue weighted by Crippen LogP contribution is -2.41. The maximum Gasteiger partial charge on any atom is 0.236 e. The molecular formula is C17H29N3O. The summed E-state index contributed by atoms with van der Waals surface area (Å²) in [5.41, 5.74) is 7.07. The molecule has 3 N–H and O–H groups in total. The molecule has 0 bridgehead atoms. The van der Waals surface area contributed by atoms with Crippen molar-refractivity contribution in [1.82, 2.24) is 5.32 Å². The van der Waals surface area contributed by atoms with Gasteiger partial charge in [-0.2, -0.15) is 0 Å². The van der Waals surface area contributed by atoms with Crippen molar-refractivity contribution in [3.05, 3.63) is 30.3 Å². The number of benzene rings is 1. The molecule has 118 valence electrons. The van der Waals surface area contributed by atoms with Gasteiger partial charge in [-0.15, -0.1) is 0 Å². The molecule has 0 fully saturated rings. The Bertz CT molecular complexity index is 394. The number of nitrogens with zero attached hydrogens (tertiary/aromatic N) is 1. The summed E-state index contributed by atoms with van der Waals surface area (Å²) < 4.78 is 0. The van der Waals surface area contributed by atoms with Crippen LogP contribution < -0.4 is 16.0 Å². The van der Waals surface area contributed by atoms with Crippen LogP contribution in [0.1, 0.15) is 39.5 Å². The first kappa shape index (κ1) is 17.5. The van der Waals surface area contributed by atoms with E-state index in [1.807, 2.05) is 18.2 Å². The molecule has 0 aromatic heterocycles. The van der Waals surface area contributed by atoms with Gasteiger partial charge in [0.2, 0.25) is 5.91 Å². The molecule has 1 atom stereocenters. The van der Waals surface area contributed by atoms with Gasteiger partial charge in [0, 0.05) is 25.3 Å². The number of hydrogen-bond acceptors (Lipinski definition) is 3. The maximum absolute atomic E-state index is 11.8. The minimum atomic E-state index is -0.360. The number of unbranched alkanes of at least 4 members (excludes halogenated alkanes) is 1. The Morgan fingerprint density at radius 2 is 1.95 bits per heavy atom. The van der Waals surface area contributed by atoms with Crippen molar-refractivity contribution in [3.63, 3.8) is 0 Å². The van der Waals surface area contributed by atoms with E-state index in [-0.39, 0.29) is 11.9 Å². The summed E-state index contributed by atoms with van der Waals surface area (Å²) in [6, 6.07) is 9.99. The number of carbonyl (C=O) groups is 1. The predicted octanol–water partition coefficient (Wildman–Crippen LogP) is 2.54. The summed E-state index contributed by atoms with van der Waals surface area (Å²) in [5, 5.41) is 2.93. The number of para-hydroxylation sites is 1. The van der Waals surface area contributed by atoms with Crippen LogP contribution in [0.15, 0.2) is 30.3 Å². The van der Waals surface area contributed by atoms with E-state index in [2.05, 4.69) is 36.2 Å². The van der Waals surface area contributed by atoms with E-state index >= 15 is 0 Å². The Balaban J connectivity index is 2.25. The Morgan fingerprint density at radius 1 is 1.24 bits per heavy atom. The Labute approximate surface area is 128 Å². The molecule has 1 aromatic rings. The van der Waals surface area contributed by atoms with Gasteiger partial charge in [-0.1, -0.05) is 38.0 Å². The molecule has 0 heterocycles. The van der Waals surface area contributed by atoms with Gasteiger partial charge in [0.05, 0.1) is 6.04 Å². The van der Waals surface area contributed by atoms with Crippen LogP contribution in [0.4, 0.5) is 5.69 Å². The molecule has 0 spiro atoms. The van der Waals surface area contributed by atoms with Crippen molar-refractivity contribution in [1.29, 1.82) is 0 Å². The van der Waals surface area contributed by atoms with Crippen LogP contribution in [0.2, 0.25) is 0 Å². The summed E-state index contributed by atoms with van der Waals surface area (Å²) in [5.74, 6) is -0.0220. The fraction of sp³-hybridized carbons (Fsp3) is 0.588. The highest BCUT2D eigenvalue weighted by Gasteiger charge is 2.11. The zero-order valence-electron chi connectivity index (χ0n) is 13.3. The average molecular weight is 291 g/mol. The van der Waals surface area contributed by atoms with Crippen molar-refractivity contribution in [2.45, 2.75) is 45.6 Å². The van der Waals surface area contributed by atoms with Crippen LogP contribution in [0.25, 0.3) is 0 Å². The van der Waals surface area contributed by atoms with Gasteiger partial charge in [0.15, 0.2) is 0 Å². The SMILES string of the molecule is CCCCC(N)C(=O)NCCCN(CC)c1ccccc1. The first-order valence-corrected chi connectivity index (χ1v) is 8.02. The van der Waals surface area contributed by atoms with Crippen LogP contribution in [0, 0.1) is 0 Å². The number of nitrogens with two attached hydrogens (primary N) is 1. The monoisotopic (exact) mass is 291 g/mol. The molecule has 1 rings (SSSR count). The van der Waals surface area contributed by atoms with Crippen LogP contribution in [-0.4, -0.2) is 31.6 Å². The number of anilines is 1. The van der Waals surface area contributed by atoms with Gasteiger partial charge in [0.1, 0.15) is 0 Å². The smallest absolute Gasteiger partial charge is 0.236 e. The van der Waals surface area contributed by atoms with E-state index in [0.717, 1.165) is 38.8 Å². The van der Waals surface area contributed by atoms with Gasteiger partial charge < -0.3 is 16.0 Å². The summed E-state index contributed by atoms with van der Waals surface area (Å²) in [6.07, 6.45) is 3.78. The second-order valence-electron chi connectivity index (χ2n) is 5.31. The van der Waals surface area contributed by atoms with E-state index in [0.29, 0.717) is 6.54 Å². The van der Waals surface area contributed by atoms with Crippen molar-refractivity contribution in [2.24, 2.45) is 5.73 Å². The van der Waals surface area contributed by atoms with E-state index in [1.165, 1.54) is 5.69 Å². The molecule has 1 amide bonds. The minimum Gasteiger partial charge on any atom is -0.372 e. The Morgan fingerprint density at radius 3 is 2.57 bits per heavy atom. The number of amides is 1. The number of rotatable bonds is 10. The van der Waals surface area contributed by atoms with Gasteiger partial charge in [-0.25, -0.2) is 0 Å². The lowest BCUT2D eigenvalue weighted by Gasteiger charge is -2.23. The van der Waals surface area contributed by atoms with Gasteiger partial charge in [-0.3, -0.25) is 4.79 Å². The van der Waals surface area contributed by atoms with Crippen LogP contribution in [0.5, 0.6) is 0 Å². The van der Waals surface area contributed by atoms with E-state index in [4.69, 9.17) is 5.73 Å². The molecule has 0 aliphatic carbocycles. The lowest BCUT2D eigenvalue weighted by molar-refractivity contribution is -0.122. The van der Waals surface area contributed by atoms with Crippen LogP contribution in [-0.2, 0) is 4.79 Å². The van der Waals surface area contributed by atoms with Gasteiger partial charge >= 0.3 is 0 Å². The predicted molar refractivity (Wildman–Crippen MR) is 89.5 cm³/mol. The van der Waals surface area contributed by atoms with Gasteiger partial charge in [0.25, 0.3) is 0 Å². The largest absolute Gasteiger partial charge is 0.372 e. The maximum atomic E-state index is 11.8. The summed E-state index contributed by atoms with van der Waals surface area (Å²) in [6.45, 7) is 6.83. The number of nitrogens with one attached hydrogen (secondary N) is 1. The average Bonchev–Trinajstić information content (AvgIpc) is 2.53. The third-order valence-electron chi connectivity index (χ3n) is 3.61. The van der Waals surface area contributed by atoms with E-state index in [1.54, 1.807) is 0 Å². The molecule has 4 heteroatoms. The highest BCUT2D eigenvalue weighted by Crippen LogP contribution is 2.12. The van der Waals surface area contributed by atoms with Crippen molar-refractivity contribution < 1.29 is 4.79 Å². The number of carbonyl (C=O) groups excluding carboxylic acids is 1. The first-order chi connectivity index (χ1) is 10.2. The van der Waals surface area contributed by atoms with Crippen molar-refractivity contribution >= 4 is 11.6 Å². The second kappa shape index (κ2) is 10.2. The molecular weight excluding hydrogens is 262 g/mol. The van der Waals surface area contributed by atoms with Gasteiger partial charge in [-0.05, 0) is 31.9 Å². The molecule has 4 nitrogen and oxygen atoms in total. The zero-order valence-corrected chi connectivity index (χ0v) is 13.3. The highest BCUT2D eigenvalue weighted by molar-refractivity contribution is 5.81. The molecule has 0 aliphatic rings. The molecule has 0 aliphatic heterocycles. The van der Waals surface area contributed by atoms with Crippen LogP contribution >= 0.6 is 0 Å². The molecule has 1 aromatic carbocycles. The lowest BCUT2D eigenvalue weighted by atomic mass is 10.1. The molecule has 0 saturated carbocycles. The first-order valence-electron chi connectivity index (χ1n) is 8.02. The normalized spacial score (nSPS) is 12.0. The second-order valence-corrected chi connectivity index (χ2v) is 5.31. The molecule has 0 radical (unpaired) electrons.